The maximum Gasteiger partial charge on any atom is 0.234 e. The van der Waals surface area contributed by atoms with Gasteiger partial charge in [0.15, 0.2) is 0 Å². The molecule has 2 aliphatic carbocycles. The van der Waals surface area contributed by atoms with Crippen molar-refractivity contribution in [2.24, 2.45) is 5.92 Å². The van der Waals surface area contributed by atoms with Crippen molar-refractivity contribution in [1.29, 1.82) is 0 Å². The Morgan fingerprint density at radius 1 is 1.33 bits per heavy atom. The summed E-state index contributed by atoms with van der Waals surface area (Å²) in [4.78, 5) is 17.3. The molecule has 1 aromatic heterocycles. The van der Waals surface area contributed by atoms with Crippen molar-refractivity contribution in [2.45, 2.75) is 64.6 Å². The molecule has 2 fully saturated rings. The van der Waals surface area contributed by atoms with Crippen LogP contribution in [0, 0.1) is 5.92 Å². The Hall–Kier alpha value is -0.870. The molecule has 0 spiro atoms. The van der Waals surface area contributed by atoms with Gasteiger partial charge in [-0.3, -0.25) is 9.69 Å². The third kappa shape index (κ3) is 4.07. The van der Waals surface area contributed by atoms with Gasteiger partial charge in [-0.25, -0.2) is 0 Å². The number of amides is 1. The number of hydrogen-bond acceptors (Lipinski definition) is 3. The number of nitrogens with zero attached hydrogens (tertiary/aromatic N) is 1. The van der Waals surface area contributed by atoms with E-state index in [9.17, 15) is 4.79 Å². The highest BCUT2D eigenvalue weighted by Crippen LogP contribution is 2.39. The van der Waals surface area contributed by atoms with Crippen LogP contribution in [0.4, 0.5) is 0 Å². The zero-order valence-corrected chi connectivity index (χ0v) is 13.9. The van der Waals surface area contributed by atoms with Crippen LogP contribution in [0.15, 0.2) is 12.1 Å². The highest BCUT2D eigenvalue weighted by atomic mass is 32.1. The van der Waals surface area contributed by atoms with E-state index in [1.54, 1.807) is 11.3 Å². The summed E-state index contributed by atoms with van der Waals surface area (Å²) in [6.45, 7) is 5.73. The maximum atomic E-state index is 12.2. The van der Waals surface area contributed by atoms with Crippen molar-refractivity contribution in [2.75, 3.05) is 6.54 Å². The van der Waals surface area contributed by atoms with Crippen LogP contribution >= 0.6 is 11.3 Å². The minimum atomic E-state index is 0.181. The van der Waals surface area contributed by atoms with Gasteiger partial charge in [-0.05, 0) is 57.1 Å². The number of hydrogen-bond donors (Lipinski definition) is 1. The second-order valence-corrected chi connectivity index (χ2v) is 7.73. The van der Waals surface area contributed by atoms with E-state index >= 15 is 0 Å². The predicted molar refractivity (Wildman–Crippen MR) is 87.5 cm³/mol. The third-order valence-corrected chi connectivity index (χ3v) is 5.92. The van der Waals surface area contributed by atoms with Gasteiger partial charge in [0.1, 0.15) is 0 Å². The van der Waals surface area contributed by atoms with E-state index < -0.39 is 0 Å². The van der Waals surface area contributed by atoms with Crippen LogP contribution in [-0.4, -0.2) is 29.4 Å². The number of carbonyl (C=O) groups excluding carboxylic acids is 1. The van der Waals surface area contributed by atoms with E-state index in [4.69, 9.17) is 0 Å². The summed E-state index contributed by atoms with van der Waals surface area (Å²) in [5.74, 6) is 1.02. The highest BCUT2D eigenvalue weighted by molar-refractivity contribution is 7.11. The van der Waals surface area contributed by atoms with Crippen molar-refractivity contribution in [3.05, 3.63) is 21.9 Å². The monoisotopic (exact) mass is 306 g/mol. The second-order valence-electron chi connectivity index (χ2n) is 6.48. The van der Waals surface area contributed by atoms with Crippen molar-refractivity contribution >= 4 is 17.2 Å². The molecule has 4 heteroatoms. The zero-order valence-electron chi connectivity index (χ0n) is 13.1. The molecule has 2 aliphatic rings. The Morgan fingerprint density at radius 3 is 2.62 bits per heavy atom. The lowest BCUT2D eigenvalue weighted by Crippen LogP contribution is -2.43. The van der Waals surface area contributed by atoms with Gasteiger partial charge in [0, 0.05) is 21.8 Å². The Balaban J connectivity index is 1.47. The molecule has 0 aliphatic heterocycles. The van der Waals surface area contributed by atoms with E-state index in [2.05, 4.69) is 36.2 Å². The number of carbonyl (C=O) groups is 1. The summed E-state index contributed by atoms with van der Waals surface area (Å²) in [5.41, 5.74) is 0. The smallest absolute Gasteiger partial charge is 0.234 e. The molecule has 1 unspecified atom stereocenters. The molecule has 3 rings (SSSR count). The van der Waals surface area contributed by atoms with Gasteiger partial charge >= 0.3 is 0 Å². The Bertz CT molecular complexity index is 491. The summed E-state index contributed by atoms with van der Waals surface area (Å²) in [7, 11) is 0. The molecule has 0 bridgehead atoms. The van der Waals surface area contributed by atoms with Crippen LogP contribution in [0.5, 0.6) is 0 Å². The van der Waals surface area contributed by atoms with Crippen molar-refractivity contribution in [1.82, 2.24) is 10.2 Å². The van der Waals surface area contributed by atoms with Crippen LogP contribution in [0.1, 0.15) is 49.3 Å². The maximum absolute atomic E-state index is 12.2. The fraction of sp³-hybridized carbons (Fsp3) is 0.706. The summed E-state index contributed by atoms with van der Waals surface area (Å²) < 4.78 is 0. The molecule has 2 saturated carbocycles. The quantitative estimate of drug-likeness (QED) is 0.800. The zero-order chi connectivity index (χ0) is 14.8. The van der Waals surface area contributed by atoms with Crippen molar-refractivity contribution in [3.8, 4) is 0 Å². The summed E-state index contributed by atoms with van der Waals surface area (Å²) in [5, 5.41) is 3.09. The van der Waals surface area contributed by atoms with Gasteiger partial charge < -0.3 is 5.32 Å². The fourth-order valence-electron chi connectivity index (χ4n) is 2.98. The fourth-order valence-corrected chi connectivity index (χ4v) is 3.87. The molecule has 0 saturated heterocycles. The van der Waals surface area contributed by atoms with Crippen LogP contribution in [0.25, 0.3) is 0 Å². The lowest BCUT2D eigenvalue weighted by Gasteiger charge is -2.28. The van der Waals surface area contributed by atoms with Crippen LogP contribution in [0.3, 0.4) is 0 Å². The molecule has 1 amide bonds. The Kier molecular flexibility index (Phi) is 4.65. The van der Waals surface area contributed by atoms with Crippen LogP contribution in [0.2, 0.25) is 0 Å². The number of rotatable bonds is 8. The molecule has 0 aromatic carbocycles. The molecule has 1 atom stereocenters. The third-order valence-electron chi connectivity index (χ3n) is 4.69. The molecular weight excluding hydrogens is 280 g/mol. The van der Waals surface area contributed by atoms with Gasteiger partial charge in [0.05, 0.1) is 13.1 Å². The van der Waals surface area contributed by atoms with Crippen LogP contribution in [-0.2, 0) is 17.8 Å². The van der Waals surface area contributed by atoms with Gasteiger partial charge in [-0.15, -0.1) is 11.3 Å². The Labute approximate surface area is 131 Å². The predicted octanol–water partition coefficient (Wildman–Crippen LogP) is 3.19. The van der Waals surface area contributed by atoms with Crippen molar-refractivity contribution < 1.29 is 4.79 Å². The van der Waals surface area contributed by atoms with Gasteiger partial charge in [0.2, 0.25) is 5.91 Å². The topological polar surface area (TPSA) is 32.3 Å². The first kappa shape index (κ1) is 15.0. The highest BCUT2D eigenvalue weighted by Gasteiger charge is 2.39. The molecule has 21 heavy (non-hydrogen) atoms. The number of thiophene rings is 1. The van der Waals surface area contributed by atoms with Gasteiger partial charge in [-0.1, -0.05) is 6.92 Å². The van der Waals surface area contributed by atoms with E-state index in [1.807, 2.05) is 0 Å². The first-order chi connectivity index (χ1) is 10.2. The minimum Gasteiger partial charge on any atom is -0.350 e. The Morgan fingerprint density at radius 2 is 2.05 bits per heavy atom. The normalized spacial score (nSPS) is 19.8. The average Bonchev–Trinajstić information content (AvgIpc) is 3.39. The van der Waals surface area contributed by atoms with E-state index in [-0.39, 0.29) is 5.91 Å². The number of aryl methyl sites for hydroxylation is 1. The van der Waals surface area contributed by atoms with Crippen LogP contribution < -0.4 is 5.32 Å². The summed E-state index contributed by atoms with van der Waals surface area (Å²) in [6, 6.07) is 5.55. The minimum absolute atomic E-state index is 0.181. The molecule has 3 nitrogen and oxygen atoms in total. The largest absolute Gasteiger partial charge is 0.350 e. The molecule has 1 heterocycles. The molecule has 0 radical (unpaired) electrons. The average molecular weight is 306 g/mol. The first-order valence-corrected chi connectivity index (χ1v) is 9.09. The summed E-state index contributed by atoms with van der Waals surface area (Å²) >= 11 is 1.81. The molecule has 1 N–H and O–H groups in total. The molecule has 116 valence electrons. The summed E-state index contributed by atoms with van der Waals surface area (Å²) in [6.07, 6.45) is 6.32. The van der Waals surface area contributed by atoms with Gasteiger partial charge in [0.25, 0.3) is 0 Å². The molecular formula is C17H26N2OS. The van der Waals surface area contributed by atoms with Crippen molar-refractivity contribution in [3.63, 3.8) is 0 Å². The van der Waals surface area contributed by atoms with E-state index in [1.165, 1.54) is 35.4 Å². The lowest BCUT2D eigenvalue weighted by molar-refractivity contribution is -0.123. The van der Waals surface area contributed by atoms with E-state index in [0.717, 1.165) is 12.3 Å². The first-order valence-electron chi connectivity index (χ1n) is 8.27. The van der Waals surface area contributed by atoms with Gasteiger partial charge in [-0.2, -0.15) is 0 Å². The second kappa shape index (κ2) is 6.49. The molecule has 1 aromatic rings. The lowest BCUT2D eigenvalue weighted by atomic mass is 10.1. The standard InChI is InChI=1S/C17H26N2OS/c1-3-15-8-9-16(21-15)10-18-17(20)11-19(14-6-7-14)12(2)13-4-5-13/h8-9,12-14H,3-7,10-11H2,1-2H3,(H,18,20). The number of nitrogens with one attached hydrogen (secondary N) is 1. The SMILES string of the molecule is CCc1ccc(CNC(=O)CN(C2CC2)C(C)C2CC2)s1. The van der Waals surface area contributed by atoms with E-state index in [0.29, 0.717) is 25.2 Å².